The Hall–Kier alpha value is -1.06. The summed E-state index contributed by atoms with van der Waals surface area (Å²) in [5.41, 5.74) is 4.86. The van der Waals surface area contributed by atoms with Crippen LogP contribution in [0, 0.1) is 20.8 Å². The minimum Gasteiger partial charge on any atom is -0.493 e. The molecule has 1 atom stereocenters. The van der Waals surface area contributed by atoms with Gasteiger partial charge in [0.05, 0.1) is 19.3 Å². The molecule has 0 heterocycles. The molecule has 0 amide bonds. The third-order valence-electron chi connectivity index (χ3n) is 3.61. The first-order valence-corrected chi connectivity index (χ1v) is 7.02. The van der Waals surface area contributed by atoms with E-state index in [0.29, 0.717) is 6.42 Å². The zero-order chi connectivity index (χ0) is 14.4. The van der Waals surface area contributed by atoms with Gasteiger partial charge in [0.2, 0.25) is 0 Å². The molecule has 0 saturated heterocycles. The molecule has 0 radical (unpaired) electrons. The zero-order valence-electron chi connectivity index (χ0n) is 12.5. The van der Waals surface area contributed by atoms with Crippen molar-refractivity contribution < 1.29 is 14.9 Å². The summed E-state index contributed by atoms with van der Waals surface area (Å²) in [6, 6.07) is 2.08. The Morgan fingerprint density at radius 3 is 2.47 bits per heavy atom. The molecule has 0 spiro atoms. The first-order chi connectivity index (χ1) is 9.01. The quantitative estimate of drug-likeness (QED) is 0.797. The average Bonchev–Trinajstić information content (AvgIpc) is 2.40. The summed E-state index contributed by atoms with van der Waals surface area (Å²) in [5.74, 6) is 0.961. The molecule has 1 aromatic rings. The maximum absolute atomic E-state index is 9.47. The van der Waals surface area contributed by atoms with Crippen LogP contribution in [-0.2, 0) is 6.42 Å². The summed E-state index contributed by atoms with van der Waals surface area (Å²) in [6.45, 7) is 8.91. The summed E-state index contributed by atoms with van der Waals surface area (Å²) >= 11 is 0. The first-order valence-electron chi connectivity index (χ1n) is 7.02. The summed E-state index contributed by atoms with van der Waals surface area (Å²) in [5, 5.41) is 18.3. The Balaban J connectivity index is 2.91. The summed E-state index contributed by atoms with van der Waals surface area (Å²) in [6.07, 6.45) is 1.75. The van der Waals surface area contributed by atoms with Gasteiger partial charge in [-0.1, -0.05) is 6.92 Å². The van der Waals surface area contributed by atoms with Crippen molar-refractivity contribution in [3.05, 3.63) is 28.3 Å². The van der Waals surface area contributed by atoms with E-state index < -0.39 is 6.10 Å². The van der Waals surface area contributed by atoms with Gasteiger partial charge in [0, 0.05) is 0 Å². The molecule has 0 saturated carbocycles. The topological polar surface area (TPSA) is 49.7 Å². The van der Waals surface area contributed by atoms with Crippen LogP contribution < -0.4 is 4.74 Å². The van der Waals surface area contributed by atoms with Crippen LogP contribution in [0.15, 0.2) is 6.07 Å². The average molecular weight is 266 g/mol. The minimum absolute atomic E-state index is 0.172. The molecule has 0 bridgehead atoms. The Bertz CT molecular complexity index is 413. The number of benzene rings is 1. The van der Waals surface area contributed by atoms with Crippen molar-refractivity contribution >= 4 is 0 Å². The molecular formula is C16H26O3. The number of aliphatic hydroxyl groups is 2. The fourth-order valence-corrected chi connectivity index (χ4v) is 2.25. The van der Waals surface area contributed by atoms with Crippen molar-refractivity contribution in [2.24, 2.45) is 0 Å². The van der Waals surface area contributed by atoms with E-state index in [1.165, 1.54) is 22.3 Å². The third kappa shape index (κ3) is 4.22. The molecule has 0 aromatic heterocycles. The molecule has 3 nitrogen and oxygen atoms in total. The van der Waals surface area contributed by atoms with Crippen LogP contribution in [0.5, 0.6) is 5.75 Å². The second-order valence-corrected chi connectivity index (χ2v) is 5.14. The van der Waals surface area contributed by atoms with Crippen molar-refractivity contribution in [1.29, 1.82) is 0 Å². The van der Waals surface area contributed by atoms with Crippen molar-refractivity contribution in [2.45, 2.75) is 53.1 Å². The molecule has 1 rings (SSSR count). The number of hydrogen-bond acceptors (Lipinski definition) is 3. The maximum atomic E-state index is 9.47. The molecule has 1 unspecified atom stereocenters. The Morgan fingerprint density at radius 1 is 1.21 bits per heavy atom. The van der Waals surface area contributed by atoms with E-state index in [-0.39, 0.29) is 6.61 Å². The second kappa shape index (κ2) is 7.51. The van der Waals surface area contributed by atoms with Gasteiger partial charge in [0.1, 0.15) is 5.75 Å². The van der Waals surface area contributed by atoms with E-state index in [9.17, 15) is 5.11 Å². The predicted octanol–water partition coefficient (Wildman–Crippen LogP) is 2.69. The SMILES string of the molecule is CCCOc1cc(C)c(CCC(O)CO)c(C)c1C. The van der Waals surface area contributed by atoms with Crippen LogP contribution in [0.2, 0.25) is 0 Å². The van der Waals surface area contributed by atoms with Crippen molar-refractivity contribution in [3.63, 3.8) is 0 Å². The van der Waals surface area contributed by atoms with E-state index in [4.69, 9.17) is 9.84 Å². The van der Waals surface area contributed by atoms with Gasteiger partial charge in [-0.15, -0.1) is 0 Å². The van der Waals surface area contributed by atoms with E-state index in [1.54, 1.807) is 0 Å². The lowest BCUT2D eigenvalue weighted by Crippen LogP contribution is -2.13. The van der Waals surface area contributed by atoms with E-state index in [0.717, 1.165) is 25.2 Å². The van der Waals surface area contributed by atoms with Crippen molar-refractivity contribution in [2.75, 3.05) is 13.2 Å². The Morgan fingerprint density at radius 2 is 1.89 bits per heavy atom. The standard InChI is InChI=1S/C16H26O3/c1-5-8-19-16-9-11(2)15(12(3)13(16)4)7-6-14(18)10-17/h9,14,17-18H,5-8,10H2,1-4H3. The van der Waals surface area contributed by atoms with E-state index >= 15 is 0 Å². The molecular weight excluding hydrogens is 240 g/mol. The highest BCUT2D eigenvalue weighted by Crippen LogP contribution is 2.28. The van der Waals surface area contributed by atoms with Gasteiger partial charge >= 0.3 is 0 Å². The fraction of sp³-hybridized carbons (Fsp3) is 0.625. The normalized spacial score (nSPS) is 12.5. The zero-order valence-corrected chi connectivity index (χ0v) is 12.5. The largest absolute Gasteiger partial charge is 0.493 e. The molecule has 108 valence electrons. The Labute approximate surface area is 116 Å². The summed E-state index contributed by atoms with van der Waals surface area (Å²) < 4.78 is 5.76. The molecule has 0 aliphatic heterocycles. The fourth-order valence-electron chi connectivity index (χ4n) is 2.25. The van der Waals surface area contributed by atoms with Crippen molar-refractivity contribution in [1.82, 2.24) is 0 Å². The van der Waals surface area contributed by atoms with E-state index in [2.05, 4.69) is 33.8 Å². The van der Waals surface area contributed by atoms with Crippen LogP contribution in [0.4, 0.5) is 0 Å². The summed E-state index contributed by atoms with van der Waals surface area (Å²) in [7, 11) is 0. The highest BCUT2D eigenvalue weighted by Gasteiger charge is 2.12. The van der Waals surface area contributed by atoms with Gasteiger partial charge in [-0.3, -0.25) is 0 Å². The molecule has 0 fully saturated rings. The van der Waals surface area contributed by atoms with Crippen LogP contribution in [0.1, 0.15) is 42.0 Å². The lowest BCUT2D eigenvalue weighted by molar-refractivity contribution is 0.0885. The van der Waals surface area contributed by atoms with Crippen LogP contribution in [-0.4, -0.2) is 29.5 Å². The molecule has 19 heavy (non-hydrogen) atoms. The van der Waals surface area contributed by atoms with Gasteiger partial charge < -0.3 is 14.9 Å². The van der Waals surface area contributed by atoms with Crippen molar-refractivity contribution in [3.8, 4) is 5.75 Å². The molecule has 0 aliphatic rings. The number of aliphatic hydroxyl groups excluding tert-OH is 2. The Kier molecular flexibility index (Phi) is 6.32. The molecule has 3 heteroatoms. The van der Waals surface area contributed by atoms with Gasteiger partial charge in [-0.25, -0.2) is 0 Å². The molecule has 2 N–H and O–H groups in total. The minimum atomic E-state index is -0.630. The lowest BCUT2D eigenvalue weighted by atomic mass is 9.93. The number of ether oxygens (including phenoxy) is 1. The van der Waals surface area contributed by atoms with Crippen LogP contribution in [0.3, 0.4) is 0 Å². The van der Waals surface area contributed by atoms with Crippen LogP contribution in [0.25, 0.3) is 0 Å². The molecule has 1 aromatic carbocycles. The second-order valence-electron chi connectivity index (χ2n) is 5.14. The van der Waals surface area contributed by atoms with Crippen LogP contribution >= 0.6 is 0 Å². The van der Waals surface area contributed by atoms with Gasteiger partial charge in [-0.2, -0.15) is 0 Å². The number of rotatable bonds is 7. The smallest absolute Gasteiger partial charge is 0.122 e. The van der Waals surface area contributed by atoms with Gasteiger partial charge in [0.15, 0.2) is 0 Å². The number of hydrogen-bond donors (Lipinski definition) is 2. The first kappa shape index (κ1) is 16.0. The third-order valence-corrected chi connectivity index (χ3v) is 3.61. The predicted molar refractivity (Wildman–Crippen MR) is 77.9 cm³/mol. The van der Waals surface area contributed by atoms with Gasteiger partial charge in [0.25, 0.3) is 0 Å². The summed E-state index contributed by atoms with van der Waals surface area (Å²) in [4.78, 5) is 0. The molecule has 0 aliphatic carbocycles. The van der Waals surface area contributed by atoms with Gasteiger partial charge in [-0.05, 0) is 68.4 Å². The van der Waals surface area contributed by atoms with E-state index in [1.807, 2.05) is 0 Å². The number of aryl methyl sites for hydroxylation is 1. The lowest BCUT2D eigenvalue weighted by Gasteiger charge is -2.18. The maximum Gasteiger partial charge on any atom is 0.122 e. The monoisotopic (exact) mass is 266 g/mol. The highest BCUT2D eigenvalue weighted by molar-refractivity contribution is 5.48. The highest BCUT2D eigenvalue weighted by atomic mass is 16.5.